The Bertz CT molecular complexity index is 415. The van der Waals surface area contributed by atoms with Crippen LogP contribution < -0.4 is 5.32 Å². The average Bonchev–Trinajstić information content (AvgIpc) is 2.83. The van der Waals surface area contributed by atoms with Crippen molar-refractivity contribution < 1.29 is 14.6 Å². The molecule has 1 aliphatic rings. The van der Waals surface area contributed by atoms with Gasteiger partial charge in [0.2, 0.25) is 0 Å². The summed E-state index contributed by atoms with van der Waals surface area (Å²) in [6.45, 7) is 4.36. The molecule has 0 saturated heterocycles. The number of nitrogens with one attached hydrogen (secondary N) is 1. The summed E-state index contributed by atoms with van der Waals surface area (Å²) in [5.41, 5.74) is 2.94. The monoisotopic (exact) mass is 314 g/mol. The third-order valence-corrected chi connectivity index (χ3v) is 5.15. The van der Waals surface area contributed by atoms with Crippen molar-refractivity contribution in [2.24, 2.45) is 0 Å². The van der Waals surface area contributed by atoms with Crippen LogP contribution in [0.15, 0.2) is 5.51 Å². The number of ether oxygens (including phenoxy) is 2. The Balaban J connectivity index is 1.51. The molecule has 1 saturated carbocycles. The summed E-state index contributed by atoms with van der Waals surface area (Å²) in [6.07, 6.45) is 3.84. The lowest BCUT2D eigenvalue weighted by Crippen LogP contribution is -2.49. The maximum Gasteiger partial charge on any atom is 0.0897 e. The van der Waals surface area contributed by atoms with Crippen LogP contribution >= 0.6 is 11.3 Å². The van der Waals surface area contributed by atoms with Gasteiger partial charge in [0.1, 0.15) is 0 Å². The molecule has 2 rings (SSSR count). The zero-order valence-corrected chi connectivity index (χ0v) is 13.7. The molecule has 0 aromatic carbocycles. The number of aliphatic hydroxyl groups excluding tert-OH is 1. The van der Waals surface area contributed by atoms with Crippen molar-refractivity contribution in [3.05, 3.63) is 16.1 Å². The van der Waals surface area contributed by atoms with Crippen molar-refractivity contribution in [3.63, 3.8) is 0 Å². The minimum absolute atomic E-state index is 0.00424. The molecule has 6 heteroatoms. The quantitative estimate of drug-likeness (QED) is 0.641. The summed E-state index contributed by atoms with van der Waals surface area (Å²) < 4.78 is 11.1. The molecule has 1 aromatic heterocycles. The minimum atomic E-state index is -0.471. The van der Waals surface area contributed by atoms with Crippen LogP contribution in [0.2, 0.25) is 0 Å². The summed E-state index contributed by atoms with van der Waals surface area (Å²) in [7, 11) is 1.77. The van der Waals surface area contributed by atoms with Crippen LogP contribution in [-0.4, -0.2) is 55.2 Å². The summed E-state index contributed by atoms with van der Waals surface area (Å²) in [5, 5.41) is 13.2. The van der Waals surface area contributed by atoms with Gasteiger partial charge in [-0.15, -0.1) is 11.3 Å². The predicted octanol–water partition coefficient (Wildman–Crippen LogP) is 1.53. The van der Waals surface area contributed by atoms with E-state index in [9.17, 15) is 5.11 Å². The Morgan fingerprint density at radius 3 is 2.90 bits per heavy atom. The van der Waals surface area contributed by atoms with Crippen molar-refractivity contribution in [3.8, 4) is 0 Å². The van der Waals surface area contributed by atoms with E-state index in [-0.39, 0.29) is 5.60 Å². The first-order valence-corrected chi connectivity index (χ1v) is 8.44. The van der Waals surface area contributed by atoms with Crippen LogP contribution in [0.25, 0.3) is 0 Å². The fourth-order valence-electron chi connectivity index (χ4n) is 2.50. The highest BCUT2D eigenvalue weighted by atomic mass is 32.1. The molecule has 1 aromatic rings. The number of rotatable bonds is 10. The number of aryl methyl sites for hydroxylation is 1. The van der Waals surface area contributed by atoms with E-state index in [2.05, 4.69) is 10.3 Å². The van der Waals surface area contributed by atoms with Gasteiger partial charge in [-0.05, 0) is 26.2 Å². The Morgan fingerprint density at radius 1 is 1.52 bits per heavy atom. The number of thiazole rings is 1. The highest BCUT2D eigenvalue weighted by Crippen LogP contribution is 2.34. The number of aliphatic hydroxyl groups is 1. The van der Waals surface area contributed by atoms with Crippen LogP contribution in [0.4, 0.5) is 0 Å². The van der Waals surface area contributed by atoms with Gasteiger partial charge >= 0.3 is 0 Å². The molecule has 21 heavy (non-hydrogen) atoms. The molecule has 0 bridgehead atoms. The maximum absolute atomic E-state index is 9.88. The predicted molar refractivity (Wildman–Crippen MR) is 83.8 cm³/mol. The van der Waals surface area contributed by atoms with Gasteiger partial charge in [-0.1, -0.05) is 0 Å². The molecule has 1 atom stereocenters. The molecule has 0 amide bonds. The molecule has 0 aliphatic heterocycles. The van der Waals surface area contributed by atoms with E-state index in [1.165, 1.54) is 11.3 Å². The summed E-state index contributed by atoms with van der Waals surface area (Å²) in [5.74, 6) is 0. The second-order valence-corrected chi connectivity index (χ2v) is 6.65. The number of aromatic nitrogens is 1. The van der Waals surface area contributed by atoms with Crippen molar-refractivity contribution in [2.45, 2.75) is 44.3 Å². The van der Waals surface area contributed by atoms with E-state index in [0.717, 1.165) is 31.5 Å². The smallest absolute Gasteiger partial charge is 0.0897 e. The Labute approximate surface area is 130 Å². The lowest BCUT2D eigenvalue weighted by molar-refractivity contribution is -0.0712. The zero-order valence-electron chi connectivity index (χ0n) is 12.9. The maximum atomic E-state index is 9.88. The third kappa shape index (κ3) is 5.00. The minimum Gasteiger partial charge on any atom is -0.389 e. The average molecular weight is 314 g/mol. The van der Waals surface area contributed by atoms with E-state index in [0.29, 0.717) is 19.8 Å². The van der Waals surface area contributed by atoms with Gasteiger partial charge in [0.25, 0.3) is 0 Å². The molecule has 1 unspecified atom stereocenters. The molecular formula is C15H26N2O3S. The van der Waals surface area contributed by atoms with Gasteiger partial charge in [-0.2, -0.15) is 0 Å². The molecule has 5 nitrogen and oxygen atoms in total. The van der Waals surface area contributed by atoms with Gasteiger partial charge in [0.15, 0.2) is 0 Å². The first kappa shape index (κ1) is 16.8. The number of hydrogen-bond donors (Lipinski definition) is 2. The number of nitrogens with zero attached hydrogens (tertiary/aromatic N) is 1. The lowest BCUT2D eigenvalue weighted by atomic mass is 9.80. The topological polar surface area (TPSA) is 63.6 Å². The van der Waals surface area contributed by atoms with Crippen LogP contribution in [0.3, 0.4) is 0 Å². The largest absolute Gasteiger partial charge is 0.389 e. The van der Waals surface area contributed by atoms with E-state index in [1.807, 2.05) is 12.4 Å². The molecule has 120 valence electrons. The van der Waals surface area contributed by atoms with Gasteiger partial charge in [0, 0.05) is 31.5 Å². The zero-order chi connectivity index (χ0) is 15.1. The van der Waals surface area contributed by atoms with Crippen molar-refractivity contribution in [1.82, 2.24) is 10.3 Å². The standard InChI is InChI=1S/C15H26N2O3S/c1-12-14(21-11-17-12)4-7-20-9-13(18)8-16-10-15(19-2)5-3-6-15/h11,13,16,18H,3-10H2,1-2H3. The van der Waals surface area contributed by atoms with Crippen LogP contribution in [-0.2, 0) is 15.9 Å². The summed E-state index contributed by atoms with van der Waals surface area (Å²) in [6, 6.07) is 0. The molecule has 0 spiro atoms. The second-order valence-electron chi connectivity index (χ2n) is 5.71. The van der Waals surface area contributed by atoms with Gasteiger partial charge < -0.3 is 19.9 Å². The Kier molecular flexibility index (Phi) is 6.57. The van der Waals surface area contributed by atoms with Gasteiger partial charge in [0.05, 0.1) is 36.1 Å². The lowest BCUT2D eigenvalue weighted by Gasteiger charge is -2.40. The van der Waals surface area contributed by atoms with Crippen LogP contribution in [0.1, 0.15) is 29.8 Å². The second kappa shape index (κ2) is 8.19. The molecule has 2 N–H and O–H groups in total. The first-order chi connectivity index (χ1) is 10.2. The summed E-state index contributed by atoms with van der Waals surface area (Å²) in [4.78, 5) is 5.47. The van der Waals surface area contributed by atoms with E-state index in [1.54, 1.807) is 18.4 Å². The van der Waals surface area contributed by atoms with E-state index < -0.39 is 6.10 Å². The van der Waals surface area contributed by atoms with Crippen molar-refractivity contribution in [2.75, 3.05) is 33.4 Å². The van der Waals surface area contributed by atoms with Crippen LogP contribution in [0.5, 0.6) is 0 Å². The first-order valence-electron chi connectivity index (χ1n) is 7.56. The molecule has 1 fully saturated rings. The third-order valence-electron chi connectivity index (χ3n) is 4.15. The molecule has 0 radical (unpaired) electrons. The summed E-state index contributed by atoms with van der Waals surface area (Å²) >= 11 is 1.66. The van der Waals surface area contributed by atoms with Crippen LogP contribution in [0, 0.1) is 6.92 Å². The number of hydrogen-bond acceptors (Lipinski definition) is 6. The highest BCUT2D eigenvalue weighted by Gasteiger charge is 2.36. The Morgan fingerprint density at radius 2 is 2.33 bits per heavy atom. The molecular weight excluding hydrogens is 288 g/mol. The fourth-order valence-corrected chi connectivity index (χ4v) is 3.26. The van der Waals surface area contributed by atoms with Gasteiger partial charge in [-0.25, -0.2) is 4.98 Å². The Hall–Kier alpha value is -0.530. The van der Waals surface area contributed by atoms with Gasteiger partial charge in [-0.3, -0.25) is 0 Å². The highest BCUT2D eigenvalue weighted by molar-refractivity contribution is 7.09. The SMILES string of the molecule is COC1(CNCC(O)COCCc2scnc2C)CCC1. The fraction of sp³-hybridized carbons (Fsp3) is 0.800. The van der Waals surface area contributed by atoms with Crippen molar-refractivity contribution in [1.29, 1.82) is 0 Å². The number of methoxy groups -OCH3 is 1. The van der Waals surface area contributed by atoms with Crippen molar-refractivity contribution >= 4 is 11.3 Å². The van der Waals surface area contributed by atoms with E-state index >= 15 is 0 Å². The van der Waals surface area contributed by atoms with E-state index in [4.69, 9.17) is 9.47 Å². The molecule has 1 aliphatic carbocycles. The molecule has 1 heterocycles. The normalized spacial score (nSPS) is 18.4.